The Balaban J connectivity index is 1.60. The normalized spacial score (nSPS) is 11.4. The minimum Gasteiger partial charge on any atom is -0.455 e. The minimum absolute atomic E-state index is 0.854. The molecule has 0 fully saturated rings. The molecular weight excluding hydrogens is 358 g/mol. The van der Waals surface area contributed by atoms with Crippen molar-refractivity contribution in [1.29, 1.82) is 0 Å². The topological polar surface area (TPSA) is 51.8 Å². The van der Waals surface area contributed by atoms with Gasteiger partial charge in [0.15, 0.2) is 0 Å². The predicted octanol–water partition coefficient (Wildman–Crippen LogP) is 6.26. The fourth-order valence-corrected chi connectivity index (χ4v) is 3.93. The molecule has 0 spiro atoms. The zero-order valence-corrected chi connectivity index (χ0v) is 15.4. The van der Waals surface area contributed by atoms with Crippen molar-refractivity contribution in [2.45, 2.75) is 0 Å². The Kier molecular flexibility index (Phi) is 3.43. The Hall–Kier alpha value is -4.05. The molecule has 4 heteroatoms. The van der Waals surface area contributed by atoms with Crippen molar-refractivity contribution in [2.75, 3.05) is 0 Å². The minimum atomic E-state index is 0.854. The van der Waals surface area contributed by atoms with Gasteiger partial charge in [-0.25, -0.2) is 9.97 Å². The Labute approximate surface area is 166 Å². The number of nitrogens with zero attached hydrogens (tertiary/aromatic N) is 3. The standard InChI is InChI=1S/C25H15N3O/c1-2-7-23-18(4-1)19-5-3-6-21(25(19)29-23)24-20-9-8-17(14-22(20)27-15-28-24)16-10-12-26-13-11-16/h1-15H. The van der Waals surface area contributed by atoms with Crippen LogP contribution >= 0.6 is 0 Å². The van der Waals surface area contributed by atoms with Crippen molar-refractivity contribution in [2.24, 2.45) is 0 Å². The van der Waals surface area contributed by atoms with E-state index in [2.05, 4.69) is 57.4 Å². The van der Waals surface area contributed by atoms with Gasteiger partial charge >= 0.3 is 0 Å². The van der Waals surface area contributed by atoms with Gasteiger partial charge in [0.1, 0.15) is 17.5 Å². The lowest BCUT2D eigenvalue weighted by atomic mass is 10.0. The van der Waals surface area contributed by atoms with E-state index < -0.39 is 0 Å². The summed E-state index contributed by atoms with van der Waals surface area (Å²) in [4.78, 5) is 13.2. The second kappa shape index (κ2) is 6.24. The van der Waals surface area contributed by atoms with Crippen LogP contribution in [0.4, 0.5) is 0 Å². The molecule has 4 nitrogen and oxygen atoms in total. The quantitative estimate of drug-likeness (QED) is 0.359. The van der Waals surface area contributed by atoms with Crippen LogP contribution in [0.5, 0.6) is 0 Å². The lowest BCUT2D eigenvalue weighted by Crippen LogP contribution is -1.90. The van der Waals surface area contributed by atoms with Gasteiger partial charge in [-0.2, -0.15) is 0 Å². The molecule has 29 heavy (non-hydrogen) atoms. The maximum absolute atomic E-state index is 6.21. The zero-order chi connectivity index (χ0) is 19.2. The molecule has 0 saturated carbocycles. The molecule has 3 aromatic heterocycles. The van der Waals surface area contributed by atoms with Crippen LogP contribution in [0, 0.1) is 0 Å². The maximum Gasteiger partial charge on any atom is 0.144 e. The summed E-state index contributed by atoms with van der Waals surface area (Å²) in [7, 11) is 0. The molecule has 0 aliphatic carbocycles. The molecule has 136 valence electrons. The first kappa shape index (κ1) is 16.0. The van der Waals surface area contributed by atoms with E-state index >= 15 is 0 Å². The molecule has 0 unspecified atom stereocenters. The van der Waals surface area contributed by atoms with E-state index in [1.165, 1.54) is 0 Å². The molecule has 6 rings (SSSR count). The second-order valence-electron chi connectivity index (χ2n) is 6.97. The molecule has 0 saturated heterocycles. The highest BCUT2D eigenvalue weighted by Crippen LogP contribution is 2.37. The summed E-state index contributed by atoms with van der Waals surface area (Å²) in [6.45, 7) is 0. The van der Waals surface area contributed by atoms with Crippen molar-refractivity contribution in [3.05, 3.63) is 91.5 Å². The molecule has 0 N–H and O–H groups in total. The van der Waals surface area contributed by atoms with E-state index in [1.54, 1.807) is 18.7 Å². The number of benzene rings is 3. The van der Waals surface area contributed by atoms with E-state index in [1.807, 2.05) is 30.3 Å². The van der Waals surface area contributed by atoms with Gasteiger partial charge < -0.3 is 4.42 Å². The number of pyridine rings is 1. The van der Waals surface area contributed by atoms with Crippen molar-refractivity contribution in [3.63, 3.8) is 0 Å². The molecule has 6 aromatic rings. The van der Waals surface area contributed by atoms with Gasteiger partial charge in [-0.3, -0.25) is 4.98 Å². The van der Waals surface area contributed by atoms with Crippen molar-refractivity contribution in [3.8, 4) is 22.4 Å². The molecule has 3 aromatic carbocycles. The number of para-hydroxylation sites is 2. The van der Waals surface area contributed by atoms with Crippen LogP contribution in [0.25, 0.3) is 55.2 Å². The van der Waals surface area contributed by atoms with Gasteiger partial charge in [-0.05, 0) is 47.5 Å². The molecule has 0 bridgehead atoms. The van der Waals surface area contributed by atoms with Gasteiger partial charge in [0.2, 0.25) is 0 Å². The van der Waals surface area contributed by atoms with Crippen LogP contribution in [-0.2, 0) is 0 Å². The number of hydrogen-bond donors (Lipinski definition) is 0. The van der Waals surface area contributed by atoms with Crippen LogP contribution in [-0.4, -0.2) is 15.0 Å². The average Bonchev–Trinajstić information content (AvgIpc) is 3.18. The molecule has 3 heterocycles. The van der Waals surface area contributed by atoms with Gasteiger partial charge in [0.05, 0.1) is 11.2 Å². The molecule has 0 radical (unpaired) electrons. The van der Waals surface area contributed by atoms with E-state index in [9.17, 15) is 0 Å². The highest BCUT2D eigenvalue weighted by atomic mass is 16.3. The summed E-state index contributed by atoms with van der Waals surface area (Å²) in [5.41, 5.74) is 6.70. The Morgan fingerprint density at radius 2 is 1.52 bits per heavy atom. The second-order valence-corrected chi connectivity index (χ2v) is 6.97. The van der Waals surface area contributed by atoms with E-state index in [0.29, 0.717) is 0 Å². The SMILES string of the molecule is c1ccc2c(c1)oc1c(-c3ncnc4cc(-c5ccncc5)ccc34)cccc12. The third-order valence-corrected chi connectivity index (χ3v) is 5.31. The van der Waals surface area contributed by atoms with Crippen molar-refractivity contribution in [1.82, 2.24) is 15.0 Å². The smallest absolute Gasteiger partial charge is 0.144 e. The fourth-order valence-electron chi connectivity index (χ4n) is 3.93. The lowest BCUT2D eigenvalue weighted by molar-refractivity contribution is 0.670. The first-order valence-corrected chi connectivity index (χ1v) is 9.44. The van der Waals surface area contributed by atoms with Crippen LogP contribution in [0.15, 0.2) is 95.9 Å². The monoisotopic (exact) mass is 373 g/mol. The van der Waals surface area contributed by atoms with Crippen molar-refractivity contribution >= 4 is 32.8 Å². The first-order chi connectivity index (χ1) is 14.4. The molecule has 0 atom stereocenters. The largest absolute Gasteiger partial charge is 0.455 e. The van der Waals surface area contributed by atoms with Gasteiger partial charge in [-0.1, -0.05) is 36.4 Å². The maximum atomic E-state index is 6.21. The highest BCUT2D eigenvalue weighted by Gasteiger charge is 2.15. The number of aromatic nitrogens is 3. The van der Waals surface area contributed by atoms with E-state index in [4.69, 9.17) is 4.42 Å². The van der Waals surface area contributed by atoms with Crippen LogP contribution in [0.2, 0.25) is 0 Å². The summed E-state index contributed by atoms with van der Waals surface area (Å²) in [6, 6.07) is 24.6. The zero-order valence-electron chi connectivity index (χ0n) is 15.4. The molecule has 0 aliphatic heterocycles. The Bertz CT molecular complexity index is 1500. The first-order valence-electron chi connectivity index (χ1n) is 9.44. The third kappa shape index (κ3) is 2.50. The van der Waals surface area contributed by atoms with Gasteiger partial charge in [0.25, 0.3) is 0 Å². The average molecular weight is 373 g/mol. The molecular formula is C25H15N3O. The van der Waals surface area contributed by atoms with Crippen molar-refractivity contribution < 1.29 is 4.42 Å². The lowest BCUT2D eigenvalue weighted by Gasteiger charge is -2.08. The number of fused-ring (bicyclic) bond motifs is 4. The highest BCUT2D eigenvalue weighted by molar-refractivity contribution is 6.11. The van der Waals surface area contributed by atoms with E-state index in [0.717, 1.165) is 55.2 Å². The Morgan fingerprint density at radius 3 is 2.45 bits per heavy atom. The van der Waals surface area contributed by atoms with E-state index in [-0.39, 0.29) is 0 Å². The Morgan fingerprint density at radius 1 is 0.655 bits per heavy atom. The molecule has 0 amide bonds. The fraction of sp³-hybridized carbons (Fsp3) is 0. The number of rotatable bonds is 2. The van der Waals surface area contributed by atoms with Gasteiger partial charge in [0, 0.05) is 34.1 Å². The molecule has 0 aliphatic rings. The number of furan rings is 1. The summed E-state index contributed by atoms with van der Waals surface area (Å²) < 4.78 is 6.21. The van der Waals surface area contributed by atoms with Gasteiger partial charge in [-0.15, -0.1) is 0 Å². The summed E-state index contributed by atoms with van der Waals surface area (Å²) in [6.07, 6.45) is 5.22. The summed E-state index contributed by atoms with van der Waals surface area (Å²) in [5.74, 6) is 0. The van der Waals surface area contributed by atoms with Crippen LogP contribution < -0.4 is 0 Å². The summed E-state index contributed by atoms with van der Waals surface area (Å²) in [5, 5.41) is 3.21. The van der Waals surface area contributed by atoms with Crippen LogP contribution in [0.3, 0.4) is 0 Å². The number of hydrogen-bond acceptors (Lipinski definition) is 4. The summed E-state index contributed by atoms with van der Waals surface area (Å²) >= 11 is 0. The third-order valence-electron chi connectivity index (χ3n) is 5.31. The van der Waals surface area contributed by atoms with Crippen LogP contribution in [0.1, 0.15) is 0 Å². The predicted molar refractivity (Wildman–Crippen MR) is 115 cm³/mol.